The standard InChI is InChI=1S/C18H22FN3O2/c19-16-3-1-2-4-17(16)22-12-14(10-20-22)11-21-7-5-18(6-8-21)9-15(23)13-24-18/h1-4,10,12,15,23H,5-9,11,13H2/t15-/m1/s1. The molecule has 5 nitrogen and oxygen atoms in total. The fraction of sp³-hybridized carbons (Fsp3) is 0.500. The van der Waals surface area contributed by atoms with Gasteiger partial charge in [0.1, 0.15) is 11.5 Å². The lowest BCUT2D eigenvalue weighted by Gasteiger charge is -2.38. The molecule has 1 aromatic heterocycles. The van der Waals surface area contributed by atoms with E-state index in [1.165, 1.54) is 6.07 Å². The van der Waals surface area contributed by atoms with Crippen LogP contribution in [0.4, 0.5) is 4.39 Å². The third-order valence-electron chi connectivity index (χ3n) is 5.10. The van der Waals surface area contributed by atoms with Gasteiger partial charge in [0, 0.05) is 37.8 Å². The molecule has 6 heteroatoms. The van der Waals surface area contributed by atoms with Gasteiger partial charge in [-0.3, -0.25) is 4.90 Å². The Labute approximate surface area is 140 Å². The highest BCUT2D eigenvalue weighted by molar-refractivity contribution is 5.32. The number of benzene rings is 1. The highest BCUT2D eigenvalue weighted by atomic mass is 19.1. The van der Waals surface area contributed by atoms with Gasteiger partial charge in [-0.25, -0.2) is 9.07 Å². The Balaban J connectivity index is 1.38. The lowest BCUT2D eigenvalue weighted by Crippen LogP contribution is -2.43. The number of halogens is 1. The summed E-state index contributed by atoms with van der Waals surface area (Å²) in [6.07, 6.45) is 6.03. The Hall–Kier alpha value is -1.76. The van der Waals surface area contributed by atoms with E-state index >= 15 is 0 Å². The van der Waals surface area contributed by atoms with Crippen molar-refractivity contribution in [2.75, 3.05) is 19.7 Å². The van der Waals surface area contributed by atoms with Crippen molar-refractivity contribution in [2.45, 2.75) is 37.5 Å². The summed E-state index contributed by atoms with van der Waals surface area (Å²) >= 11 is 0. The maximum atomic E-state index is 13.8. The predicted molar refractivity (Wildman–Crippen MR) is 87.3 cm³/mol. The van der Waals surface area contributed by atoms with Gasteiger partial charge in [0.15, 0.2) is 0 Å². The molecule has 2 aliphatic rings. The molecule has 128 valence electrons. The molecule has 0 radical (unpaired) electrons. The van der Waals surface area contributed by atoms with E-state index in [2.05, 4.69) is 10.00 Å². The maximum Gasteiger partial charge on any atom is 0.148 e. The van der Waals surface area contributed by atoms with Crippen LogP contribution in [-0.4, -0.2) is 51.2 Å². The number of nitrogens with zero attached hydrogens (tertiary/aromatic N) is 3. The molecule has 2 fully saturated rings. The molecule has 0 aliphatic carbocycles. The van der Waals surface area contributed by atoms with Gasteiger partial charge in [-0.15, -0.1) is 0 Å². The van der Waals surface area contributed by atoms with Crippen molar-refractivity contribution >= 4 is 0 Å². The summed E-state index contributed by atoms with van der Waals surface area (Å²) in [5, 5.41) is 14.0. The van der Waals surface area contributed by atoms with Crippen molar-refractivity contribution in [3.8, 4) is 5.69 Å². The van der Waals surface area contributed by atoms with E-state index in [0.717, 1.165) is 44.5 Å². The van der Waals surface area contributed by atoms with Gasteiger partial charge in [-0.05, 0) is 25.0 Å². The van der Waals surface area contributed by atoms with E-state index in [1.54, 1.807) is 29.1 Å². The highest BCUT2D eigenvalue weighted by Crippen LogP contribution is 2.36. The summed E-state index contributed by atoms with van der Waals surface area (Å²) in [5.74, 6) is -0.274. The van der Waals surface area contributed by atoms with Crippen LogP contribution in [0.2, 0.25) is 0 Å². The minimum absolute atomic E-state index is 0.118. The number of ether oxygens (including phenoxy) is 1. The number of rotatable bonds is 3. The second-order valence-electron chi connectivity index (χ2n) is 6.87. The fourth-order valence-electron chi connectivity index (χ4n) is 3.76. The third-order valence-corrected chi connectivity index (χ3v) is 5.10. The van der Waals surface area contributed by atoms with Gasteiger partial charge in [-0.1, -0.05) is 12.1 Å². The zero-order valence-corrected chi connectivity index (χ0v) is 13.6. The first-order chi connectivity index (χ1) is 11.6. The van der Waals surface area contributed by atoms with Crippen LogP contribution in [0.1, 0.15) is 24.8 Å². The number of likely N-dealkylation sites (tertiary alicyclic amines) is 1. The van der Waals surface area contributed by atoms with Crippen LogP contribution in [0.5, 0.6) is 0 Å². The van der Waals surface area contributed by atoms with Gasteiger partial charge in [0.25, 0.3) is 0 Å². The van der Waals surface area contributed by atoms with Gasteiger partial charge >= 0.3 is 0 Å². The summed E-state index contributed by atoms with van der Waals surface area (Å²) in [5.41, 5.74) is 1.42. The number of para-hydroxylation sites is 1. The average molecular weight is 331 g/mol. The SMILES string of the molecule is O[C@H]1COC2(CCN(Cc3cnn(-c4ccccc4F)c3)CC2)C1. The van der Waals surface area contributed by atoms with E-state index in [-0.39, 0.29) is 17.5 Å². The number of piperidine rings is 1. The molecule has 0 amide bonds. The Kier molecular flexibility index (Phi) is 4.12. The number of hydrogen-bond acceptors (Lipinski definition) is 4. The molecular formula is C18H22FN3O2. The van der Waals surface area contributed by atoms with E-state index < -0.39 is 0 Å². The molecule has 2 saturated heterocycles. The minimum atomic E-state index is -0.310. The normalized spacial score (nSPS) is 23.8. The second-order valence-corrected chi connectivity index (χ2v) is 6.87. The number of aliphatic hydroxyl groups excluding tert-OH is 1. The van der Waals surface area contributed by atoms with Crippen LogP contribution in [-0.2, 0) is 11.3 Å². The van der Waals surface area contributed by atoms with Crippen molar-refractivity contribution in [3.63, 3.8) is 0 Å². The van der Waals surface area contributed by atoms with Gasteiger partial charge in [-0.2, -0.15) is 5.10 Å². The predicted octanol–water partition coefficient (Wildman–Crippen LogP) is 2.13. The van der Waals surface area contributed by atoms with Crippen LogP contribution < -0.4 is 0 Å². The van der Waals surface area contributed by atoms with Crippen LogP contribution in [0.25, 0.3) is 5.69 Å². The van der Waals surface area contributed by atoms with Crippen molar-refractivity contribution in [1.29, 1.82) is 0 Å². The fourth-order valence-corrected chi connectivity index (χ4v) is 3.76. The highest BCUT2D eigenvalue weighted by Gasteiger charge is 2.42. The molecule has 2 aliphatic heterocycles. The minimum Gasteiger partial charge on any atom is -0.391 e. The first-order valence-electron chi connectivity index (χ1n) is 8.46. The number of aromatic nitrogens is 2. The Morgan fingerprint density at radius 3 is 2.79 bits per heavy atom. The topological polar surface area (TPSA) is 50.5 Å². The largest absolute Gasteiger partial charge is 0.391 e. The molecular weight excluding hydrogens is 309 g/mol. The van der Waals surface area contributed by atoms with Crippen molar-refractivity contribution in [3.05, 3.63) is 48.0 Å². The second kappa shape index (κ2) is 6.27. The average Bonchev–Trinajstić information content (AvgIpc) is 3.18. The lowest BCUT2D eigenvalue weighted by atomic mass is 9.88. The Morgan fingerprint density at radius 2 is 2.08 bits per heavy atom. The quantitative estimate of drug-likeness (QED) is 0.936. The van der Waals surface area contributed by atoms with Crippen LogP contribution >= 0.6 is 0 Å². The van der Waals surface area contributed by atoms with Crippen molar-refractivity contribution < 1.29 is 14.2 Å². The van der Waals surface area contributed by atoms with Crippen LogP contribution in [0, 0.1) is 5.82 Å². The molecule has 0 bridgehead atoms. The first kappa shape index (κ1) is 15.7. The summed E-state index contributed by atoms with van der Waals surface area (Å²) in [6.45, 7) is 3.15. The number of hydrogen-bond donors (Lipinski definition) is 1. The molecule has 0 saturated carbocycles. The Morgan fingerprint density at radius 1 is 1.29 bits per heavy atom. The molecule has 2 aromatic rings. The molecule has 3 heterocycles. The summed E-state index contributed by atoms with van der Waals surface area (Å²) in [6, 6.07) is 6.64. The lowest BCUT2D eigenvalue weighted by molar-refractivity contribution is -0.0456. The van der Waals surface area contributed by atoms with Gasteiger partial charge in [0.05, 0.1) is 24.5 Å². The molecule has 1 atom stereocenters. The molecule has 24 heavy (non-hydrogen) atoms. The molecule has 1 aromatic carbocycles. The third kappa shape index (κ3) is 3.09. The maximum absolute atomic E-state index is 13.8. The summed E-state index contributed by atoms with van der Waals surface area (Å²) < 4.78 is 21.3. The zero-order valence-electron chi connectivity index (χ0n) is 13.6. The number of aliphatic hydroxyl groups is 1. The van der Waals surface area contributed by atoms with E-state index in [4.69, 9.17) is 4.74 Å². The molecule has 0 unspecified atom stereocenters. The van der Waals surface area contributed by atoms with Gasteiger partial charge in [0.2, 0.25) is 0 Å². The van der Waals surface area contributed by atoms with Gasteiger partial charge < -0.3 is 9.84 Å². The Bertz CT molecular complexity index is 710. The first-order valence-corrected chi connectivity index (χ1v) is 8.46. The van der Waals surface area contributed by atoms with Crippen LogP contribution in [0.15, 0.2) is 36.7 Å². The van der Waals surface area contributed by atoms with Crippen molar-refractivity contribution in [2.24, 2.45) is 0 Å². The zero-order chi connectivity index (χ0) is 16.6. The summed E-state index contributed by atoms with van der Waals surface area (Å²) in [7, 11) is 0. The van der Waals surface area contributed by atoms with E-state index in [0.29, 0.717) is 12.3 Å². The molecule has 4 rings (SSSR count). The molecule has 1 N–H and O–H groups in total. The molecule has 1 spiro atoms. The summed E-state index contributed by atoms with van der Waals surface area (Å²) in [4.78, 5) is 2.36. The monoisotopic (exact) mass is 331 g/mol. The van der Waals surface area contributed by atoms with E-state index in [9.17, 15) is 9.50 Å². The smallest absolute Gasteiger partial charge is 0.148 e. The van der Waals surface area contributed by atoms with Crippen LogP contribution in [0.3, 0.4) is 0 Å². The van der Waals surface area contributed by atoms with Crippen molar-refractivity contribution in [1.82, 2.24) is 14.7 Å². The van der Waals surface area contributed by atoms with E-state index in [1.807, 2.05) is 6.20 Å².